The first-order valence-electron chi connectivity index (χ1n) is 6.61. The molecule has 0 unspecified atom stereocenters. The minimum Gasteiger partial charge on any atom is -0.309 e. The van der Waals surface area contributed by atoms with Gasteiger partial charge >= 0.3 is 0 Å². The largest absolute Gasteiger partial charge is 0.309 e. The minimum absolute atomic E-state index is 0.0365. The van der Waals surface area contributed by atoms with Crippen LogP contribution in [0.25, 0.3) is 22.0 Å². The number of fused-ring (bicyclic) bond motifs is 1. The number of aromatic amines is 1. The molecule has 0 atom stereocenters. The van der Waals surface area contributed by atoms with Gasteiger partial charge in [-0.3, -0.25) is 9.89 Å². The molecule has 1 aromatic heterocycles. The van der Waals surface area contributed by atoms with Crippen molar-refractivity contribution in [3.8, 4) is 11.1 Å². The van der Waals surface area contributed by atoms with Crippen LogP contribution in [-0.4, -0.2) is 16.1 Å². The third-order valence-corrected chi connectivity index (χ3v) is 3.25. The van der Waals surface area contributed by atoms with Crippen LogP contribution in [0.4, 0.5) is 5.82 Å². The number of hydrogen-bond donors (Lipinski definition) is 2. The zero-order valence-electron chi connectivity index (χ0n) is 11.2. The first kappa shape index (κ1) is 12.4. The number of benzene rings is 2. The van der Waals surface area contributed by atoms with Crippen molar-refractivity contribution < 1.29 is 4.79 Å². The molecule has 0 spiro atoms. The van der Waals surface area contributed by atoms with Gasteiger partial charge in [-0.2, -0.15) is 5.10 Å². The maximum Gasteiger partial charge on any atom is 0.225 e. The van der Waals surface area contributed by atoms with Crippen molar-refractivity contribution in [1.82, 2.24) is 10.2 Å². The van der Waals surface area contributed by atoms with Gasteiger partial charge in [0, 0.05) is 11.8 Å². The fourth-order valence-corrected chi connectivity index (χ4v) is 2.15. The summed E-state index contributed by atoms with van der Waals surface area (Å²) in [4.78, 5) is 11.4. The molecule has 4 heteroatoms. The lowest BCUT2D eigenvalue weighted by Crippen LogP contribution is -2.09. The lowest BCUT2D eigenvalue weighted by atomic mass is 10.0. The Morgan fingerprint density at radius 2 is 1.95 bits per heavy atom. The Kier molecular flexibility index (Phi) is 3.21. The minimum atomic E-state index is -0.0365. The van der Waals surface area contributed by atoms with E-state index in [1.54, 1.807) is 0 Å². The van der Waals surface area contributed by atoms with Crippen LogP contribution >= 0.6 is 0 Å². The number of carbonyl (C=O) groups is 1. The van der Waals surface area contributed by atoms with Crippen molar-refractivity contribution in [3.63, 3.8) is 0 Å². The van der Waals surface area contributed by atoms with Crippen LogP contribution < -0.4 is 5.32 Å². The van der Waals surface area contributed by atoms with Gasteiger partial charge in [0.2, 0.25) is 5.91 Å². The van der Waals surface area contributed by atoms with Crippen LogP contribution in [-0.2, 0) is 4.79 Å². The number of nitrogens with zero attached hydrogens (tertiary/aromatic N) is 1. The summed E-state index contributed by atoms with van der Waals surface area (Å²) in [5.74, 6) is 0.553. The van der Waals surface area contributed by atoms with E-state index in [-0.39, 0.29) is 5.91 Å². The van der Waals surface area contributed by atoms with Gasteiger partial charge in [0.1, 0.15) is 0 Å². The van der Waals surface area contributed by atoms with Crippen LogP contribution in [0.5, 0.6) is 0 Å². The summed E-state index contributed by atoms with van der Waals surface area (Å²) in [7, 11) is 0. The zero-order chi connectivity index (χ0) is 13.9. The third-order valence-electron chi connectivity index (χ3n) is 3.25. The molecule has 0 bridgehead atoms. The molecule has 20 heavy (non-hydrogen) atoms. The average Bonchev–Trinajstić information content (AvgIpc) is 2.90. The van der Waals surface area contributed by atoms with Gasteiger partial charge in [-0.05, 0) is 23.3 Å². The SMILES string of the molecule is CCC(=O)Nc1n[nH]c2cc(-c3ccccc3)ccc12. The standard InChI is InChI=1S/C16H15N3O/c1-2-15(20)17-16-13-9-8-12(10-14(13)18-19-16)11-6-4-3-5-7-11/h3-10H,2H2,1H3,(H2,17,18,19,20). The van der Waals surface area contributed by atoms with E-state index in [0.29, 0.717) is 12.2 Å². The fourth-order valence-electron chi connectivity index (χ4n) is 2.15. The highest BCUT2D eigenvalue weighted by Crippen LogP contribution is 2.26. The zero-order valence-corrected chi connectivity index (χ0v) is 11.2. The summed E-state index contributed by atoms with van der Waals surface area (Å²) in [5, 5.41) is 10.8. The second-order valence-electron chi connectivity index (χ2n) is 4.60. The second-order valence-corrected chi connectivity index (χ2v) is 4.60. The summed E-state index contributed by atoms with van der Waals surface area (Å²) >= 11 is 0. The number of rotatable bonds is 3. The van der Waals surface area contributed by atoms with Crippen molar-refractivity contribution >= 4 is 22.6 Å². The smallest absolute Gasteiger partial charge is 0.225 e. The predicted molar refractivity (Wildman–Crippen MR) is 80.5 cm³/mol. The molecule has 0 aliphatic carbocycles. The first-order valence-corrected chi connectivity index (χ1v) is 6.61. The van der Waals surface area contributed by atoms with E-state index in [9.17, 15) is 4.79 Å². The fraction of sp³-hybridized carbons (Fsp3) is 0.125. The Labute approximate surface area is 116 Å². The number of H-pyrrole nitrogens is 1. The highest BCUT2D eigenvalue weighted by Gasteiger charge is 2.09. The molecule has 0 saturated carbocycles. The number of aromatic nitrogens is 2. The van der Waals surface area contributed by atoms with Crippen LogP contribution in [0, 0.1) is 0 Å². The molecule has 3 aromatic rings. The van der Waals surface area contributed by atoms with Crippen molar-refractivity contribution in [2.45, 2.75) is 13.3 Å². The molecule has 3 rings (SSSR count). The molecule has 1 heterocycles. The van der Waals surface area contributed by atoms with Gasteiger partial charge in [0.05, 0.1) is 5.52 Å². The molecular weight excluding hydrogens is 250 g/mol. The Morgan fingerprint density at radius 1 is 1.15 bits per heavy atom. The monoisotopic (exact) mass is 265 g/mol. The highest BCUT2D eigenvalue weighted by molar-refractivity contribution is 6.00. The lowest BCUT2D eigenvalue weighted by Gasteiger charge is -2.02. The van der Waals surface area contributed by atoms with Crippen LogP contribution in [0.2, 0.25) is 0 Å². The summed E-state index contributed by atoms with van der Waals surface area (Å²) in [5.41, 5.74) is 3.19. The Hall–Kier alpha value is -2.62. The van der Waals surface area contributed by atoms with Gasteiger partial charge in [-0.1, -0.05) is 43.3 Å². The van der Waals surface area contributed by atoms with Crippen LogP contribution in [0.3, 0.4) is 0 Å². The molecular formula is C16H15N3O. The Bertz CT molecular complexity index is 747. The van der Waals surface area contributed by atoms with Gasteiger partial charge in [0.25, 0.3) is 0 Å². The summed E-state index contributed by atoms with van der Waals surface area (Å²) < 4.78 is 0. The van der Waals surface area contributed by atoms with Crippen LogP contribution in [0.15, 0.2) is 48.5 Å². The van der Waals surface area contributed by atoms with E-state index in [1.165, 1.54) is 0 Å². The predicted octanol–water partition coefficient (Wildman–Crippen LogP) is 3.58. The lowest BCUT2D eigenvalue weighted by molar-refractivity contribution is -0.115. The van der Waals surface area contributed by atoms with Crippen molar-refractivity contribution in [3.05, 3.63) is 48.5 Å². The van der Waals surface area contributed by atoms with Gasteiger partial charge < -0.3 is 5.32 Å². The summed E-state index contributed by atoms with van der Waals surface area (Å²) in [6, 6.07) is 16.2. The Balaban J connectivity index is 2.00. The molecule has 2 N–H and O–H groups in total. The van der Waals surface area contributed by atoms with Crippen molar-refractivity contribution in [2.75, 3.05) is 5.32 Å². The van der Waals surface area contributed by atoms with Gasteiger partial charge in [0.15, 0.2) is 5.82 Å². The number of carbonyl (C=O) groups excluding carboxylic acids is 1. The number of nitrogens with one attached hydrogen (secondary N) is 2. The van der Waals surface area contributed by atoms with E-state index in [4.69, 9.17) is 0 Å². The first-order chi connectivity index (χ1) is 9.78. The maximum absolute atomic E-state index is 11.4. The van der Waals surface area contributed by atoms with Crippen molar-refractivity contribution in [2.24, 2.45) is 0 Å². The molecule has 0 aliphatic rings. The number of amides is 1. The van der Waals surface area contributed by atoms with E-state index >= 15 is 0 Å². The van der Waals surface area contributed by atoms with E-state index in [2.05, 4.69) is 27.6 Å². The summed E-state index contributed by atoms with van der Waals surface area (Å²) in [6.07, 6.45) is 0.441. The molecule has 0 saturated heterocycles. The summed E-state index contributed by atoms with van der Waals surface area (Å²) in [6.45, 7) is 1.82. The normalized spacial score (nSPS) is 10.7. The molecule has 0 fully saturated rings. The number of hydrogen-bond acceptors (Lipinski definition) is 2. The molecule has 1 amide bonds. The highest BCUT2D eigenvalue weighted by atomic mass is 16.1. The molecule has 100 valence electrons. The van der Waals surface area contributed by atoms with Crippen molar-refractivity contribution in [1.29, 1.82) is 0 Å². The third kappa shape index (κ3) is 2.28. The topological polar surface area (TPSA) is 57.8 Å². The molecule has 0 radical (unpaired) electrons. The van der Waals surface area contributed by atoms with E-state index in [1.807, 2.05) is 43.3 Å². The maximum atomic E-state index is 11.4. The molecule has 2 aromatic carbocycles. The number of anilines is 1. The van der Waals surface area contributed by atoms with E-state index < -0.39 is 0 Å². The average molecular weight is 265 g/mol. The van der Waals surface area contributed by atoms with Gasteiger partial charge in [-0.25, -0.2) is 0 Å². The van der Waals surface area contributed by atoms with Gasteiger partial charge in [-0.15, -0.1) is 0 Å². The molecule has 0 aliphatic heterocycles. The Morgan fingerprint density at radius 3 is 2.70 bits per heavy atom. The second kappa shape index (κ2) is 5.17. The molecule has 4 nitrogen and oxygen atoms in total. The van der Waals surface area contributed by atoms with E-state index in [0.717, 1.165) is 22.0 Å². The van der Waals surface area contributed by atoms with Crippen LogP contribution in [0.1, 0.15) is 13.3 Å². The quantitative estimate of drug-likeness (QED) is 0.760.